The van der Waals surface area contributed by atoms with Crippen molar-refractivity contribution < 1.29 is 14.6 Å². The van der Waals surface area contributed by atoms with E-state index in [0.29, 0.717) is 32.4 Å². The number of carbonyl (C=O) groups is 1. The lowest BCUT2D eigenvalue weighted by molar-refractivity contribution is -0.148. The van der Waals surface area contributed by atoms with Crippen LogP contribution in [0.15, 0.2) is 24.5 Å². The molecular formula is C19H26N2O3. The molecule has 3 fully saturated rings. The smallest absolute Gasteiger partial charge is 0.231 e. The monoisotopic (exact) mass is 330 g/mol. The van der Waals surface area contributed by atoms with Gasteiger partial charge in [0.15, 0.2) is 0 Å². The average Bonchev–Trinajstić information content (AvgIpc) is 3.16. The summed E-state index contributed by atoms with van der Waals surface area (Å²) in [4.78, 5) is 19.1. The van der Waals surface area contributed by atoms with Crippen molar-refractivity contribution in [2.24, 2.45) is 5.41 Å². The highest BCUT2D eigenvalue weighted by molar-refractivity contribution is 5.84. The van der Waals surface area contributed by atoms with Crippen molar-refractivity contribution in [2.45, 2.75) is 56.7 Å². The molecule has 3 aliphatic rings. The predicted octanol–water partition coefficient (Wildman–Crippen LogP) is 1.94. The number of hydrogen-bond donors (Lipinski definition) is 1. The van der Waals surface area contributed by atoms with Gasteiger partial charge in [0, 0.05) is 38.5 Å². The van der Waals surface area contributed by atoms with E-state index < -0.39 is 5.60 Å². The summed E-state index contributed by atoms with van der Waals surface area (Å²) in [6, 6.07) is 3.90. The molecular weight excluding hydrogens is 304 g/mol. The quantitative estimate of drug-likeness (QED) is 0.920. The van der Waals surface area contributed by atoms with Gasteiger partial charge < -0.3 is 14.7 Å². The Morgan fingerprint density at radius 2 is 2.00 bits per heavy atom. The molecule has 0 aromatic carbocycles. The third-order valence-corrected chi connectivity index (χ3v) is 6.26. The molecule has 1 N–H and O–H groups in total. The Balaban J connectivity index is 1.40. The summed E-state index contributed by atoms with van der Waals surface area (Å²) in [6.07, 6.45) is 9.51. The van der Waals surface area contributed by atoms with Crippen molar-refractivity contribution in [3.8, 4) is 0 Å². The van der Waals surface area contributed by atoms with E-state index in [9.17, 15) is 9.90 Å². The Morgan fingerprint density at radius 1 is 1.25 bits per heavy atom. The molecule has 2 saturated heterocycles. The molecule has 130 valence electrons. The topological polar surface area (TPSA) is 62.7 Å². The second-order valence-corrected chi connectivity index (χ2v) is 7.71. The molecule has 0 bridgehead atoms. The SMILES string of the molecule is O=C(N1CCC(O)(Cc2ccncc2)CC1)[C@]12CCC[C@H]1OCC2. The lowest BCUT2D eigenvalue weighted by atomic mass is 9.79. The molecule has 5 heteroatoms. The van der Waals surface area contributed by atoms with Crippen LogP contribution in [0.5, 0.6) is 0 Å². The molecule has 5 nitrogen and oxygen atoms in total. The van der Waals surface area contributed by atoms with Gasteiger partial charge in [0.05, 0.1) is 17.1 Å². The van der Waals surface area contributed by atoms with Crippen molar-refractivity contribution >= 4 is 5.91 Å². The average molecular weight is 330 g/mol. The van der Waals surface area contributed by atoms with E-state index in [1.165, 1.54) is 0 Å². The fraction of sp³-hybridized carbons (Fsp3) is 0.684. The van der Waals surface area contributed by atoms with Gasteiger partial charge in [-0.25, -0.2) is 0 Å². The van der Waals surface area contributed by atoms with Crippen LogP contribution in [0, 0.1) is 5.41 Å². The van der Waals surface area contributed by atoms with Crippen LogP contribution >= 0.6 is 0 Å². The molecule has 0 spiro atoms. The first kappa shape index (κ1) is 16.0. The summed E-state index contributed by atoms with van der Waals surface area (Å²) >= 11 is 0. The van der Waals surface area contributed by atoms with Crippen molar-refractivity contribution in [1.29, 1.82) is 0 Å². The van der Waals surface area contributed by atoms with E-state index >= 15 is 0 Å². The minimum absolute atomic E-state index is 0.127. The van der Waals surface area contributed by atoms with Crippen LogP contribution in [0.1, 0.15) is 44.1 Å². The van der Waals surface area contributed by atoms with Gasteiger partial charge in [-0.1, -0.05) is 0 Å². The number of hydrogen-bond acceptors (Lipinski definition) is 4. The normalized spacial score (nSPS) is 31.9. The van der Waals surface area contributed by atoms with Crippen molar-refractivity contribution in [3.63, 3.8) is 0 Å². The Morgan fingerprint density at radius 3 is 2.75 bits per heavy atom. The highest BCUT2D eigenvalue weighted by atomic mass is 16.5. The summed E-state index contributed by atoms with van der Waals surface area (Å²) in [5.41, 5.74) is 0.128. The van der Waals surface area contributed by atoms with Crippen molar-refractivity contribution in [2.75, 3.05) is 19.7 Å². The van der Waals surface area contributed by atoms with Crippen molar-refractivity contribution in [3.05, 3.63) is 30.1 Å². The van der Waals surface area contributed by atoms with E-state index in [0.717, 1.165) is 37.9 Å². The first-order valence-corrected chi connectivity index (χ1v) is 9.14. The number of aliphatic hydroxyl groups is 1. The molecule has 3 heterocycles. The zero-order valence-electron chi connectivity index (χ0n) is 14.1. The van der Waals surface area contributed by atoms with Gasteiger partial charge in [0.1, 0.15) is 0 Å². The maximum atomic E-state index is 13.1. The molecule has 24 heavy (non-hydrogen) atoms. The molecule has 2 atom stereocenters. The number of piperidine rings is 1. The summed E-state index contributed by atoms with van der Waals surface area (Å²) in [5, 5.41) is 10.9. The molecule has 0 unspecified atom stereocenters. The summed E-state index contributed by atoms with van der Waals surface area (Å²) in [5.74, 6) is 0.272. The number of likely N-dealkylation sites (tertiary alicyclic amines) is 1. The van der Waals surface area contributed by atoms with Crippen LogP contribution < -0.4 is 0 Å². The van der Waals surface area contributed by atoms with Gasteiger partial charge in [0.25, 0.3) is 0 Å². The van der Waals surface area contributed by atoms with Crippen LogP contribution in [0.3, 0.4) is 0 Å². The lowest BCUT2D eigenvalue weighted by Crippen LogP contribution is -2.53. The first-order valence-electron chi connectivity index (χ1n) is 9.14. The van der Waals surface area contributed by atoms with E-state index in [-0.39, 0.29) is 17.4 Å². The molecule has 4 rings (SSSR count). The highest BCUT2D eigenvalue weighted by Gasteiger charge is 2.54. The fourth-order valence-corrected chi connectivity index (χ4v) is 4.80. The van der Waals surface area contributed by atoms with Crippen LogP contribution in [0.25, 0.3) is 0 Å². The number of fused-ring (bicyclic) bond motifs is 1. The van der Waals surface area contributed by atoms with Crippen molar-refractivity contribution in [1.82, 2.24) is 9.88 Å². The second kappa shape index (κ2) is 6.12. The Kier molecular flexibility index (Phi) is 4.09. The minimum atomic E-state index is -0.711. The molecule has 1 aromatic rings. The highest BCUT2D eigenvalue weighted by Crippen LogP contribution is 2.49. The number of aromatic nitrogens is 1. The van der Waals surface area contributed by atoms with Gasteiger partial charge in [0.2, 0.25) is 5.91 Å². The summed E-state index contributed by atoms with van der Waals surface area (Å²) in [7, 11) is 0. The molecule has 1 saturated carbocycles. The third kappa shape index (κ3) is 2.74. The molecule has 1 aromatic heterocycles. The Hall–Kier alpha value is -1.46. The second-order valence-electron chi connectivity index (χ2n) is 7.71. The number of pyridine rings is 1. The van der Waals surface area contributed by atoms with Crippen LogP contribution in [-0.4, -0.2) is 52.3 Å². The number of amides is 1. The lowest BCUT2D eigenvalue weighted by Gasteiger charge is -2.41. The maximum Gasteiger partial charge on any atom is 0.231 e. The Bertz CT molecular complexity index is 586. The van der Waals surface area contributed by atoms with E-state index in [1.54, 1.807) is 12.4 Å². The van der Waals surface area contributed by atoms with Crippen LogP contribution in [0.2, 0.25) is 0 Å². The molecule has 0 radical (unpaired) electrons. The predicted molar refractivity (Wildman–Crippen MR) is 89.3 cm³/mol. The number of carbonyl (C=O) groups excluding carboxylic acids is 1. The minimum Gasteiger partial charge on any atom is -0.389 e. The largest absolute Gasteiger partial charge is 0.389 e. The van der Waals surface area contributed by atoms with E-state index in [2.05, 4.69) is 4.98 Å². The van der Waals surface area contributed by atoms with E-state index in [1.807, 2.05) is 17.0 Å². The first-order chi connectivity index (χ1) is 11.6. The zero-order valence-corrected chi connectivity index (χ0v) is 14.1. The van der Waals surface area contributed by atoms with Gasteiger partial charge in [-0.3, -0.25) is 9.78 Å². The molecule has 1 amide bonds. The zero-order chi connectivity index (χ0) is 16.6. The summed E-state index contributed by atoms with van der Waals surface area (Å²) < 4.78 is 5.81. The standard InChI is InChI=1S/C19H26N2O3/c22-17(19-5-1-2-16(19)24-13-8-19)21-11-6-18(23,7-12-21)14-15-3-9-20-10-4-15/h3-4,9-10,16,23H,1-2,5-8,11-14H2/t16-,19+/m1/s1. The van der Waals surface area contributed by atoms with Gasteiger partial charge in [-0.15, -0.1) is 0 Å². The third-order valence-electron chi connectivity index (χ3n) is 6.26. The number of nitrogens with zero attached hydrogens (tertiary/aromatic N) is 2. The fourth-order valence-electron chi connectivity index (χ4n) is 4.80. The van der Waals surface area contributed by atoms with Crippen LogP contribution in [-0.2, 0) is 16.0 Å². The maximum absolute atomic E-state index is 13.1. The molecule has 2 aliphatic heterocycles. The molecule has 1 aliphatic carbocycles. The van der Waals surface area contributed by atoms with Gasteiger partial charge in [-0.2, -0.15) is 0 Å². The van der Waals surface area contributed by atoms with E-state index in [4.69, 9.17) is 4.74 Å². The van der Waals surface area contributed by atoms with Gasteiger partial charge >= 0.3 is 0 Å². The van der Waals surface area contributed by atoms with Crippen LogP contribution in [0.4, 0.5) is 0 Å². The van der Waals surface area contributed by atoms with Gasteiger partial charge in [-0.05, 0) is 56.2 Å². The number of rotatable bonds is 3. The summed E-state index contributed by atoms with van der Waals surface area (Å²) in [6.45, 7) is 2.01. The Labute approximate surface area is 143 Å². The number of ether oxygens (including phenoxy) is 1.